The molecule has 3 heterocycles. The molecule has 0 saturated carbocycles. The lowest BCUT2D eigenvalue weighted by molar-refractivity contribution is 0.637. The zero-order valence-electron chi connectivity index (χ0n) is 19.8. The lowest BCUT2D eigenvalue weighted by Crippen LogP contribution is -2.31. The average Bonchev–Trinajstić information content (AvgIpc) is 3.24. The molecule has 1 aliphatic rings. The lowest BCUT2D eigenvalue weighted by atomic mass is 9.72. The highest BCUT2D eigenvalue weighted by atomic mass is 15.2. The van der Waals surface area contributed by atoms with Crippen LogP contribution in [0, 0.1) is 0 Å². The van der Waals surface area contributed by atoms with Gasteiger partial charge in [-0.2, -0.15) is 0 Å². The first kappa shape index (κ1) is 20.0. The van der Waals surface area contributed by atoms with E-state index < -0.39 is 0 Å². The molecular formula is C32H25N3. The second kappa shape index (κ2) is 7.31. The predicted molar refractivity (Wildman–Crippen MR) is 145 cm³/mol. The van der Waals surface area contributed by atoms with Gasteiger partial charge in [-0.25, -0.2) is 4.98 Å². The van der Waals surface area contributed by atoms with Gasteiger partial charge in [0.15, 0.2) is 0 Å². The smallest absolute Gasteiger partial charge is 0.146 e. The largest absolute Gasteiger partial charge is 0.308 e. The summed E-state index contributed by atoms with van der Waals surface area (Å²) < 4.78 is 2.30. The second-order valence-corrected chi connectivity index (χ2v) is 9.72. The molecule has 35 heavy (non-hydrogen) atoms. The van der Waals surface area contributed by atoms with Crippen molar-refractivity contribution in [2.24, 2.45) is 0 Å². The maximum atomic E-state index is 5.14. The van der Waals surface area contributed by atoms with E-state index >= 15 is 0 Å². The number of benzene rings is 4. The van der Waals surface area contributed by atoms with Crippen LogP contribution < -0.4 is 4.90 Å². The molecule has 0 N–H and O–H groups in total. The Morgan fingerprint density at radius 2 is 1.26 bits per heavy atom. The first-order valence-electron chi connectivity index (χ1n) is 12.1. The van der Waals surface area contributed by atoms with Crippen molar-refractivity contribution in [3.63, 3.8) is 0 Å². The van der Waals surface area contributed by atoms with Crippen LogP contribution in [0.3, 0.4) is 0 Å². The van der Waals surface area contributed by atoms with E-state index in [2.05, 4.69) is 139 Å². The van der Waals surface area contributed by atoms with Gasteiger partial charge in [-0.05, 0) is 47.5 Å². The molecule has 0 aliphatic carbocycles. The Bertz CT molecular complexity index is 1710. The molecule has 0 radical (unpaired) electrons. The lowest BCUT2D eigenvalue weighted by Gasteiger charge is -2.42. The van der Waals surface area contributed by atoms with Crippen LogP contribution in [0.5, 0.6) is 0 Å². The molecule has 168 valence electrons. The standard InChI is InChI=1S/C32H25N3/c1-32(2)25-18-10-12-20-27(25)34(22-13-5-3-6-14-22)28-21-33-31-29(30(28)32)24-17-9-11-19-26(24)35(31)23-15-7-4-8-16-23/h3-21H,1-2H3. The minimum atomic E-state index is -0.204. The summed E-state index contributed by atoms with van der Waals surface area (Å²) in [6.07, 6.45) is 2.07. The van der Waals surface area contributed by atoms with Gasteiger partial charge in [0, 0.05) is 27.6 Å². The monoisotopic (exact) mass is 451 g/mol. The molecule has 0 fully saturated rings. The third-order valence-corrected chi connectivity index (χ3v) is 7.38. The summed E-state index contributed by atoms with van der Waals surface area (Å²) in [6, 6.07) is 38.7. The maximum Gasteiger partial charge on any atom is 0.146 e. The van der Waals surface area contributed by atoms with E-state index in [9.17, 15) is 0 Å². The van der Waals surface area contributed by atoms with Crippen LogP contribution in [-0.2, 0) is 5.41 Å². The van der Waals surface area contributed by atoms with Gasteiger partial charge in [0.25, 0.3) is 0 Å². The van der Waals surface area contributed by atoms with E-state index in [0.717, 1.165) is 22.7 Å². The molecule has 2 aromatic heterocycles. The third-order valence-electron chi connectivity index (χ3n) is 7.38. The summed E-state index contributed by atoms with van der Waals surface area (Å²) in [6.45, 7) is 4.70. The number of anilines is 3. The van der Waals surface area contributed by atoms with E-state index in [1.165, 1.54) is 33.1 Å². The number of hydrogen-bond acceptors (Lipinski definition) is 2. The molecule has 6 aromatic rings. The topological polar surface area (TPSA) is 21.1 Å². The Kier molecular flexibility index (Phi) is 4.19. The van der Waals surface area contributed by atoms with E-state index in [-0.39, 0.29) is 5.41 Å². The number of nitrogens with zero attached hydrogens (tertiary/aromatic N) is 3. The van der Waals surface area contributed by atoms with E-state index in [0.29, 0.717) is 0 Å². The van der Waals surface area contributed by atoms with Gasteiger partial charge < -0.3 is 4.90 Å². The van der Waals surface area contributed by atoms with Crippen molar-refractivity contribution in [1.29, 1.82) is 0 Å². The fraction of sp³-hybridized carbons (Fsp3) is 0.0938. The molecule has 0 amide bonds. The van der Waals surface area contributed by atoms with Crippen LogP contribution in [0.15, 0.2) is 115 Å². The molecule has 0 unspecified atom stereocenters. The van der Waals surface area contributed by atoms with Crippen molar-refractivity contribution in [2.45, 2.75) is 19.3 Å². The zero-order valence-corrected chi connectivity index (χ0v) is 19.8. The number of aromatic nitrogens is 2. The van der Waals surface area contributed by atoms with Crippen molar-refractivity contribution in [2.75, 3.05) is 4.90 Å². The van der Waals surface area contributed by atoms with Gasteiger partial charge in [0.1, 0.15) is 5.65 Å². The van der Waals surface area contributed by atoms with Crippen molar-refractivity contribution >= 4 is 39.0 Å². The van der Waals surface area contributed by atoms with Crippen molar-refractivity contribution in [3.8, 4) is 5.69 Å². The molecule has 3 nitrogen and oxygen atoms in total. The number of fused-ring (bicyclic) bond motifs is 6. The Hall–Kier alpha value is -4.37. The van der Waals surface area contributed by atoms with Crippen molar-refractivity contribution < 1.29 is 0 Å². The van der Waals surface area contributed by atoms with Gasteiger partial charge in [-0.15, -0.1) is 0 Å². The first-order chi connectivity index (χ1) is 17.2. The summed E-state index contributed by atoms with van der Waals surface area (Å²) in [5.41, 5.74) is 9.23. The summed E-state index contributed by atoms with van der Waals surface area (Å²) in [5.74, 6) is 0. The summed E-state index contributed by atoms with van der Waals surface area (Å²) >= 11 is 0. The number of para-hydroxylation sites is 4. The van der Waals surface area contributed by atoms with Crippen LogP contribution in [0.4, 0.5) is 17.1 Å². The molecule has 1 aliphatic heterocycles. The molecule has 0 atom stereocenters. The number of hydrogen-bond donors (Lipinski definition) is 0. The van der Waals surface area contributed by atoms with Crippen molar-refractivity contribution in [1.82, 2.24) is 9.55 Å². The molecule has 4 aromatic carbocycles. The molecule has 0 spiro atoms. The number of pyridine rings is 1. The van der Waals surface area contributed by atoms with E-state index in [1.807, 2.05) is 0 Å². The van der Waals surface area contributed by atoms with Crippen LogP contribution in [0.25, 0.3) is 27.6 Å². The van der Waals surface area contributed by atoms with Gasteiger partial charge in [0.05, 0.1) is 23.1 Å². The van der Waals surface area contributed by atoms with E-state index in [4.69, 9.17) is 4.98 Å². The molecule has 3 heteroatoms. The van der Waals surface area contributed by atoms with Crippen LogP contribution >= 0.6 is 0 Å². The highest BCUT2D eigenvalue weighted by Gasteiger charge is 2.39. The summed E-state index contributed by atoms with van der Waals surface area (Å²) in [5, 5.41) is 2.46. The predicted octanol–water partition coefficient (Wildman–Crippen LogP) is 8.29. The van der Waals surface area contributed by atoms with Crippen molar-refractivity contribution in [3.05, 3.63) is 127 Å². The highest BCUT2D eigenvalue weighted by molar-refractivity contribution is 6.12. The third kappa shape index (κ3) is 2.75. The molecular weight excluding hydrogens is 426 g/mol. The number of rotatable bonds is 2. The van der Waals surface area contributed by atoms with Gasteiger partial charge in [0.2, 0.25) is 0 Å². The fourth-order valence-corrected chi connectivity index (χ4v) is 5.87. The van der Waals surface area contributed by atoms with Gasteiger partial charge in [-0.1, -0.05) is 86.6 Å². The molecule has 7 rings (SSSR count). The van der Waals surface area contributed by atoms with Gasteiger partial charge in [-0.3, -0.25) is 4.57 Å². The maximum absolute atomic E-state index is 5.14. The van der Waals surface area contributed by atoms with E-state index in [1.54, 1.807) is 0 Å². The Morgan fingerprint density at radius 1 is 0.629 bits per heavy atom. The van der Waals surface area contributed by atoms with Crippen LogP contribution in [0.1, 0.15) is 25.0 Å². The molecule has 0 saturated heterocycles. The first-order valence-corrected chi connectivity index (χ1v) is 12.1. The van der Waals surface area contributed by atoms with Crippen LogP contribution in [0.2, 0.25) is 0 Å². The Morgan fingerprint density at radius 3 is 2.03 bits per heavy atom. The van der Waals surface area contributed by atoms with Crippen LogP contribution in [-0.4, -0.2) is 9.55 Å². The second-order valence-electron chi connectivity index (χ2n) is 9.72. The van der Waals surface area contributed by atoms with Gasteiger partial charge >= 0.3 is 0 Å². The Balaban J connectivity index is 1.66. The zero-order chi connectivity index (χ0) is 23.6. The quantitative estimate of drug-likeness (QED) is 0.264. The minimum absolute atomic E-state index is 0.204. The fourth-order valence-electron chi connectivity index (χ4n) is 5.87. The highest BCUT2D eigenvalue weighted by Crippen LogP contribution is 2.54. The molecule has 0 bridgehead atoms. The SMILES string of the molecule is CC1(C)c2ccccc2N(c2ccccc2)c2cnc3c(c21)c1ccccc1n3-c1ccccc1. The summed E-state index contributed by atoms with van der Waals surface area (Å²) in [7, 11) is 0. The Labute approximate surface area is 204 Å². The normalized spacial score (nSPS) is 14.2. The minimum Gasteiger partial charge on any atom is -0.308 e. The average molecular weight is 452 g/mol. The summed E-state index contributed by atoms with van der Waals surface area (Å²) in [4.78, 5) is 7.52.